The van der Waals surface area contributed by atoms with E-state index in [2.05, 4.69) is 0 Å². The Balaban J connectivity index is 3.16. The zero-order valence-corrected chi connectivity index (χ0v) is 7.67. The Morgan fingerprint density at radius 3 is 2.00 bits per heavy atom. The monoisotopic (exact) mass is 199 g/mol. The minimum Gasteiger partial charge on any atom is -0.545 e. The SMILES string of the molecule is CS(=O)(=O)c1ccc(C(=O)[O-])cc1. The minimum absolute atomic E-state index is 0.0348. The van der Waals surface area contributed by atoms with E-state index in [9.17, 15) is 18.3 Å². The fourth-order valence-electron chi connectivity index (χ4n) is 0.838. The number of hydrogen-bond acceptors (Lipinski definition) is 4. The van der Waals surface area contributed by atoms with Crippen LogP contribution in [-0.2, 0) is 9.84 Å². The Morgan fingerprint density at radius 2 is 1.69 bits per heavy atom. The highest BCUT2D eigenvalue weighted by atomic mass is 32.2. The van der Waals surface area contributed by atoms with Crippen molar-refractivity contribution in [3.05, 3.63) is 29.8 Å². The van der Waals surface area contributed by atoms with E-state index in [1.165, 1.54) is 24.3 Å². The first kappa shape index (κ1) is 9.73. The molecule has 0 aliphatic heterocycles. The van der Waals surface area contributed by atoms with Crippen LogP contribution >= 0.6 is 0 Å². The third kappa shape index (κ3) is 2.29. The number of sulfone groups is 1. The second kappa shape index (κ2) is 3.18. The van der Waals surface area contributed by atoms with E-state index < -0.39 is 15.8 Å². The molecule has 4 nitrogen and oxygen atoms in total. The topological polar surface area (TPSA) is 74.3 Å². The van der Waals surface area contributed by atoms with Crippen LogP contribution < -0.4 is 5.11 Å². The molecular weight excluding hydrogens is 192 g/mol. The van der Waals surface area contributed by atoms with Crippen molar-refractivity contribution in [1.29, 1.82) is 0 Å². The summed E-state index contributed by atoms with van der Waals surface area (Å²) in [4.78, 5) is 10.4. The Labute approximate surface area is 75.7 Å². The number of carbonyl (C=O) groups is 1. The molecule has 70 valence electrons. The molecule has 0 radical (unpaired) electrons. The van der Waals surface area contributed by atoms with Gasteiger partial charge in [0.15, 0.2) is 9.84 Å². The smallest absolute Gasteiger partial charge is 0.175 e. The lowest BCUT2D eigenvalue weighted by atomic mass is 10.2. The molecule has 1 aromatic rings. The van der Waals surface area contributed by atoms with E-state index in [4.69, 9.17) is 0 Å². The number of hydrogen-bond donors (Lipinski definition) is 0. The maximum atomic E-state index is 11.0. The van der Waals surface area contributed by atoms with Crippen molar-refractivity contribution in [2.24, 2.45) is 0 Å². The molecular formula is C8H7O4S-. The van der Waals surface area contributed by atoms with E-state index in [0.29, 0.717) is 0 Å². The van der Waals surface area contributed by atoms with Crippen LogP contribution in [0.2, 0.25) is 0 Å². The van der Waals surface area contributed by atoms with Gasteiger partial charge in [-0.2, -0.15) is 0 Å². The fourth-order valence-corrected chi connectivity index (χ4v) is 1.47. The van der Waals surface area contributed by atoms with Crippen LogP contribution in [0.4, 0.5) is 0 Å². The molecule has 0 bridgehead atoms. The Hall–Kier alpha value is -1.36. The maximum absolute atomic E-state index is 11.0. The lowest BCUT2D eigenvalue weighted by Crippen LogP contribution is -2.22. The van der Waals surface area contributed by atoms with Crippen LogP contribution in [0, 0.1) is 0 Å². The van der Waals surface area contributed by atoms with Gasteiger partial charge in [0.1, 0.15) is 0 Å². The van der Waals surface area contributed by atoms with E-state index in [1.807, 2.05) is 0 Å². The molecule has 0 unspecified atom stereocenters. The molecule has 0 amide bonds. The van der Waals surface area contributed by atoms with Gasteiger partial charge in [0.2, 0.25) is 0 Å². The predicted octanol–water partition coefficient (Wildman–Crippen LogP) is -0.546. The number of carbonyl (C=O) groups excluding carboxylic acids is 1. The van der Waals surface area contributed by atoms with Crippen LogP contribution in [0.1, 0.15) is 10.4 Å². The summed E-state index contributed by atoms with van der Waals surface area (Å²) in [5.74, 6) is -1.32. The van der Waals surface area contributed by atoms with E-state index in [1.54, 1.807) is 0 Å². The summed E-state index contributed by atoms with van der Waals surface area (Å²) in [5.41, 5.74) is -0.0348. The molecule has 1 rings (SSSR count). The highest BCUT2D eigenvalue weighted by molar-refractivity contribution is 7.90. The molecule has 0 saturated carbocycles. The molecule has 0 fully saturated rings. The Morgan fingerprint density at radius 1 is 1.23 bits per heavy atom. The first-order valence-corrected chi connectivity index (χ1v) is 5.32. The van der Waals surface area contributed by atoms with Crippen LogP contribution in [0.15, 0.2) is 29.2 Å². The van der Waals surface area contributed by atoms with Crippen molar-refractivity contribution in [3.8, 4) is 0 Å². The van der Waals surface area contributed by atoms with E-state index in [-0.39, 0.29) is 10.5 Å². The number of carboxylic acids is 1. The van der Waals surface area contributed by atoms with Crippen LogP contribution in [0.5, 0.6) is 0 Å². The lowest BCUT2D eigenvalue weighted by molar-refractivity contribution is -0.255. The molecule has 0 aromatic heterocycles. The fraction of sp³-hybridized carbons (Fsp3) is 0.125. The van der Waals surface area contributed by atoms with Crippen LogP contribution in [0.3, 0.4) is 0 Å². The van der Waals surface area contributed by atoms with Crippen molar-refractivity contribution >= 4 is 15.8 Å². The van der Waals surface area contributed by atoms with Gasteiger partial charge >= 0.3 is 0 Å². The first-order valence-electron chi connectivity index (χ1n) is 3.43. The van der Waals surface area contributed by atoms with Gasteiger partial charge < -0.3 is 9.90 Å². The zero-order chi connectivity index (χ0) is 10.1. The number of carboxylic acid groups (broad SMARTS) is 1. The van der Waals surface area contributed by atoms with Gasteiger partial charge in [-0.3, -0.25) is 0 Å². The minimum atomic E-state index is -3.26. The third-order valence-corrected chi connectivity index (χ3v) is 2.65. The van der Waals surface area contributed by atoms with Gasteiger partial charge in [-0.25, -0.2) is 8.42 Å². The van der Waals surface area contributed by atoms with Gasteiger partial charge in [0, 0.05) is 6.26 Å². The molecule has 0 aliphatic carbocycles. The second-order valence-corrected chi connectivity index (χ2v) is 4.60. The average Bonchev–Trinajstić information content (AvgIpc) is 2.03. The van der Waals surface area contributed by atoms with E-state index in [0.717, 1.165) is 6.26 Å². The van der Waals surface area contributed by atoms with Gasteiger partial charge in [0.25, 0.3) is 0 Å². The predicted molar refractivity (Wildman–Crippen MR) is 43.9 cm³/mol. The standard InChI is InChI=1S/C8H8O4S/c1-13(11,12)7-4-2-6(3-5-7)8(9)10/h2-5H,1H3,(H,9,10)/p-1. The largest absolute Gasteiger partial charge is 0.545 e. The average molecular weight is 199 g/mol. The number of aromatic carboxylic acids is 1. The third-order valence-electron chi connectivity index (χ3n) is 1.52. The van der Waals surface area contributed by atoms with Crippen molar-refractivity contribution in [1.82, 2.24) is 0 Å². The number of rotatable bonds is 2. The molecule has 0 heterocycles. The summed E-state index contributed by atoms with van der Waals surface area (Å²) in [6.45, 7) is 0. The molecule has 0 atom stereocenters. The highest BCUT2D eigenvalue weighted by Gasteiger charge is 2.05. The summed E-state index contributed by atoms with van der Waals surface area (Å²) in [6, 6.07) is 4.87. The Kier molecular flexibility index (Phi) is 2.38. The van der Waals surface area contributed by atoms with Gasteiger partial charge in [-0.1, -0.05) is 12.1 Å². The van der Waals surface area contributed by atoms with Gasteiger partial charge in [-0.15, -0.1) is 0 Å². The lowest BCUT2D eigenvalue weighted by Gasteiger charge is -2.02. The number of benzene rings is 1. The van der Waals surface area contributed by atoms with Crippen molar-refractivity contribution in [2.75, 3.05) is 6.26 Å². The summed E-state index contributed by atoms with van der Waals surface area (Å²) in [6.07, 6.45) is 1.06. The molecule has 5 heteroatoms. The first-order chi connectivity index (χ1) is 5.91. The molecule has 1 aromatic carbocycles. The van der Waals surface area contributed by atoms with Crippen molar-refractivity contribution < 1.29 is 18.3 Å². The molecule has 13 heavy (non-hydrogen) atoms. The van der Waals surface area contributed by atoms with Crippen molar-refractivity contribution in [3.63, 3.8) is 0 Å². The molecule has 0 N–H and O–H groups in total. The quantitative estimate of drug-likeness (QED) is 0.640. The maximum Gasteiger partial charge on any atom is 0.175 e. The molecule has 0 spiro atoms. The summed E-state index contributed by atoms with van der Waals surface area (Å²) < 4.78 is 21.9. The van der Waals surface area contributed by atoms with Crippen LogP contribution in [-0.4, -0.2) is 20.6 Å². The molecule has 0 aliphatic rings. The van der Waals surface area contributed by atoms with Gasteiger partial charge in [0.05, 0.1) is 10.9 Å². The normalized spacial score (nSPS) is 11.2. The summed E-state index contributed by atoms with van der Waals surface area (Å²) in [5, 5.41) is 10.3. The highest BCUT2D eigenvalue weighted by Crippen LogP contribution is 2.09. The Bertz CT molecular complexity index is 416. The second-order valence-electron chi connectivity index (χ2n) is 2.58. The summed E-state index contributed by atoms with van der Waals surface area (Å²) in [7, 11) is -3.26. The summed E-state index contributed by atoms with van der Waals surface area (Å²) >= 11 is 0. The van der Waals surface area contributed by atoms with Crippen molar-refractivity contribution in [2.45, 2.75) is 4.90 Å². The zero-order valence-electron chi connectivity index (χ0n) is 6.85. The molecule has 0 saturated heterocycles. The van der Waals surface area contributed by atoms with Gasteiger partial charge in [-0.05, 0) is 17.7 Å². The van der Waals surface area contributed by atoms with E-state index >= 15 is 0 Å². The van der Waals surface area contributed by atoms with Crippen LogP contribution in [0.25, 0.3) is 0 Å².